The van der Waals surface area contributed by atoms with Crippen LogP contribution in [0, 0.1) is 5.82 Å². The molecular weight excluding hydrogens is 413 g/mol. The minimum absolute atomic E-state index is 0.0113. The number of carbonyl (C=O) groups is 1. The Bertz CT molecular complexity index is 1050. The Morgan fingerprint density at radius 3 is 2.74 bits per heavy atom. The topological polar surface area (TPSA) is 77.4 Å². The third-order valence-corrected chi connectivity index (χ3v) is 4.71. The van der Waals surface area contributed by atoms with Crippen molar-refractivity contribution in [1.29, 1.82) is 0 Å². The molecule has 2 heterocycles. The number of hydrogen-bond acceptors (Lipinski definition) is 5. The molecule has 0 aliphatic carbocycles. The number of anilines is 1. The lowest BCUT2D eigenvalue weighted by Gasteiger charge is -2.24. The van der Waals surface area contributed by atoms with Gasteiger partial charge in [-0.3, -0.25) is 4.79 Å². The highest BCUT2D eigenvalue weighted by molar-refractivity contribution is 6.04. The van der Waals surface area contributed by atoms with Gasteiger partial charge in [0.25, 0.3) is 5.91 Å². The highest BCUT2D eigenvalue weighted by Crippen LogP contribution is 2.24. The van der Waals surface area contributed by atoms with E-state index in [0.717, 1.165) is 6.54 Å². The molecule has 31 heavy (non-hydrogen) atoms. The van der Waals surface area contributed by atoms with Crippen LogP contribution in [0.2, 0.25) is 0 Å². The summed E-state index contributed by atoms with van der Waals surface area (Å²) < 4.78 is 50.3. The molecule has 1 saturated heterocycles. The fourth-order valence-electron chi connectivity index (χ4n) is 3.17. The molecule has 1 atom stereocenters. The molecule has 4 rings (SSSR count). The molecule has 1 fully saturated rings. The molecule has 1 aromatic heterocycles. The van der Waals surface area contributed by atoms with E-state index in [-0.39, 0.29) is 23.1 Å². The first-order valence-corrected chi connectivity index (χ1v) is 9.52. The number of nitrogens with one attached hydrogen (secondary N) is 2. The molecule has 10 heteroatoms. The molecule has 3 aromatic rings. The number of ether oxygens (including phenoxy) is 2. The molecule has 0 radical (unpaired) electrons. The van der Waals surface area contributed by atoms with Gasteiger partial charge in [-0.2, -0.15) is 13.9 Å². The number of nitrogens with zero attached hydrogens (tertiary/aromatic N) is 2. The third-order valence-electron chi connectivity index (χ3n) is 4.71. The first kappa shape index (κ1) is 20.9. The summed E-state index contributed by atoms with van der Waals surface area (Å²) in [6.07, 6.45) is 2.54. The van der Waals surface area contributed by atoms with Gasteiger partial charge in [0.05, 0.1) is 35.8 Å². The predicted octanol–water partition coefficient (Wildman–Crippen LogP) is 3.53. The zero-order valence-corrected chi connectivity index (χ0v) is 16.2. The van der Waals surface area contributed by atoms with Crippen LogP contribution in [0.25, 0.3) is 5.69 Å². The molecule has 7 nitrogen and oxygen atoms in total. The summed E-state index contributed by atoms with van der Waals surface area (Å²) in [6.45, 7) is -1.00. The Hall–Kier alpha value is -3.37. The van der Waals surface area contributed by atoms with Crippen molar-refractivity contribution in [3.63, 3.8) is 0 Å². The van der Waals surface area contributed by atoms with Gasteiger partial charge in [-0.15, -0.1) is 0 Å². The average Bonchev–Trinajstić information content (AvgIpc) is 3.26. The number of alkyl halides is 2. The van der Waals surface area contributed by atoms with Crippen molar-refractivity contribution in [2.24, 2.45) is 0 Å². The summed E-state index contributed by atoms with van der Waals surface area (Å²) in [5, 5.41) is 9.79. The number of aromatic nitrogens is 2. The van der Waals surface area contributed by atoms with Crippen molar-refractivity contribution in [2.45, 2.75) is 12.7 Å². The van der Waals surface area contributed by atoms with Crippen LogP contribution in [0.4, 0.5) is 18.9 Å². The van der Waals surface area contributed by atoms with E-state index in [0.29, 0.717) is 24.4 Å². The SMILES string of the molecule is O=C(Nc1ccc(C2CNCCO2)cc1F)c1cnn(-c2ccc(OC(F)F)cc2)c1. The average molecular weight is 432 g/mol. The predicted molar refractivity (Wildman–Crippen MR) is 106 cm³/mol. The van der Waals surface area contributed by atoms with E-state index in [9.17, 15) is 18.0 Å². The standard InChI is InChI=1S/C21H19F3N4O3/c22-17-9-13(19-11-25-7-8-30-19)1-6-18(17)27-20(29)14-10-26-28(12-14)15-2-4-16(5-3-15)31-21(23)24/h1-6,9-10,12,19,21,25H,7-8,11H2,(H,27,29). The van der Waals surface area contributed by atoms with Gasteiger partial charge in [-0.25, -0.2) is 9.07 Å². The molecule has 2 aromatic carbocycles. The summed E-state index contributed by atoms with van der Waals surface area (Å²) >= 11 is 0. The van der Waals surface area contributed by atoms with Gasteiger partial charge in [-0.05, 0) is 42.0 Å². The quantitative estimate of drug-likeness (QED) is 0.623. The van der Waals surface area contributed by atoms with Gasteiger partial charge < -0.3 is 20.1 Å². The molecule has 162 valence electrons. The van der Waals surface area contributed by atoms with E-state index in [1.165, 1.54) is 53.5 Å². The number of rotatable bonds is 6. The van der Waals surface area contributed by atoms with Crippen molar-refractivity contribution < 1.29 is 27.4 Å². The van der Waals surface area contributed by atoms with Crippen LogP contribution in [0.1, 0.15) is 22.0 Å². The number of amides is 1. The molecular formula is C21H19F3N4O3. The first-order valence-electron chi connectivity index (χ1n) is 9.52. The van der Waals surface area contributed by atoms with Crippen molar-refractivity contribution in [3.8, 4) is 11.4 Å². The smallest absolute Gasteiger partial charge is 0.387 e. The molecule has 1 aliphatic heterocycles. The number of morpholine rings is 1. The summed E-state index contributed by atoms with van der Waals surface area (Å²) in [5.41, 5.74) is 1.47. The van der Waals surface area contributed by atoms with Gasteiger partial charge in [0.1, 0.15) is 11.6 Å². The summed E-state index contributed by atoms with van der Waals surface area (Å²) in [6, 6.07) is 10.3. The van der Waals surface area contributed by atoms with E-state index < -0.39 is 18.3 Å². The van der Waals surface area contributed by atoms with Crippen LogP contribution < -0.4 is 15.4 Å². The van der Waals surface area contributed by atoms with Crippen LogP contribution in [-0.4, -0.2) is 42.0 Å². The summed E-state index contributed by atoms with van der Waals surface area (Å²) in [4.78, 5) is 12.5. The van der Waals surface area contributed by atoms with Crippen LogP contribution in [0.3, 0.4) is 0 Å². The van der Waals surface area contributed by atoms with E-state index in [1.54, 1.807) is 6.07 Å². The maximum absolute atomic E-state index is 14.5. The third kappa shape index (κ3) is 5.04. The second kappa shape index (κ2) is 9.19. The minimum Gasteiger partial charge on any atom is -0.435 e. The van der Waals surface area contributed by atoms with Gasteiger partial charge in [0.15, 0.2) is 0 Å². The fraction of sp³-hybridized carbons (Fsp3) is 0.238. The number of halogens is 3. The number of carbonyl (C=O) groups excluding carboxylic acids is 1. The number of hydrogen-bond donors (Lipinski definition) is 2. The van der Waals surface area contributed by atoms with Crippen molar-refractivity contribution in [1.82, 2.24) is 15.1 Å². The highest BCUT2D eigenvalue weighted by atomic mass is 19.3. The van der Waals surface area contributed by atoms with Gasteiger partial charge in [0, 0.05) is 19.3 Å². The van der Waals surface area contributed by atoms with Gasteiger partial charge in [0.2, 0.25) is 0 Å². The lowest BCUT2D eigenvalue weighted by Crippen LogP contribution is -2.33. The highest BCUT2D eigenvalue weighted by Gasteiger charge is 2.18. The van der Waals surface area contributed by atoms with Crippen LogP contribution in [0.5, 0.6) is 5.75 Å². The molecule has 1 unspecified atom stereocenters. The van der Waals surface area contributed by atoms with E-state index in [1.807, 2.05) is 0 Å². The Labute approximate surface area is 175 Å². The fourth-order valence-corrected chi connectivity index (χ4v) is 3.17. The zero-order chi connectivity index (χ0) is 21.8. The van der Waals surface area contributed by atoms with Crippen LogP contribution in [0.15, 0.2) is 54.9 Å². The van der Waals surface area contributed by atoms with Crippen molar-refractivity contribution >= 4 is 11.6 Å². The van der Waals surface area contributed by atoms with Gasteiger partial charge in [-0.1, -0.05) is 6.07 Å². The van der Waals surface area contributed by atoms with Crippen molar-refractivity contribution in [3.05, 3.63) is 71.8 Å². The van der Waals surface area contributed by atoms with Crippen LogP contribution >= 0.6 is 0 Å². The van der Waals surface area contributed by atoms with Gasteiger partial charge >= 0.3 is 6.61 Å². The molecule has 0 saturated carbocycles. The summed E-state index contributed by atoms with van der Waals surface area (Å²) in [5.74, 6) is -1.09. The first-order chi connectivity index (χ1) is 15.0. The van der Waals surface area contributed by atoms with Crippen molar-refractivity contribution in [2.75, 3.05) is 25.0 Å². The normalized spacial score (nSPS) is 16.3. The number of benzene rings is 2. The Kier molecular flexibility index (Phi) is 6.19. The van der Waals surface area contributed by atoms with E-state index in [4.69, 9.17) is 4.74 Å². The Balaban J connectivity index is 1.43. The van der Waals surface area contributed by atoms with Crippen LogP contribution in [-0.2, 0) is 4.74 Å². The lowest BCUT2D eigenvalue weighted by atomic mass is 10.1. The largest absolute Gasteiger partial charge is 0.435 e. The Morgan fingerprint density at radius 2 is 2.06 bits per heavy atom. The molecule has 1 aliphatic rings. The lowest BCUT2D eigenvalue weighted by molar-refractivity contribution is -0.0498. The van der Waals surface area contributed by atoms with E-state index >= 15 is 0 Å². The summed E-state index contributed by atoms with van der Waals surface area (Å²) in [7, 11) is 0. The minimum atomic E-state index is -2.91. The second-order valence-corrected chi connectivity index (χ2v) is 6.80. The molecule has 0 spiro atoms. The molecule has 2 N–H and O–H groups in total. The maximum Gasteiger partial charge on any atom is 0.387 e. The maximum atomic E-state index is 14.5. The molecule has 0 bridgehead atoms. The van der Waals surface area contributed by atoms with E-state index in [2.05, 4.69) is 20.5 Å². The molecule has 1 amide bonds. The Morgan fingerprint density at radius 1 is 1.26 bits per heavy atom. The second-order valence-electron chi connectivity index (χ2n) is 6.80. The zero-order valence-electron chi connectivity index (χ0n) is 16.2. The monoisotopic (exact) mass is 432 g/mol.